The molecule has 0 saturated carbocycles. The molecule has 2 aromatic carbocycles. The Bertz CT molecular complexity index is 586. The van der Waals surface area contributed by atoms with Gasteiger partial charge in [-0.2, -0.15) is 0 Å². The molecule has 0 bridgehead atoms. The summed E-state index contributed by atoms with van der Waals surface area (Å²) in [4.78, 5) is 0. The normalized spacial score (nSPS) is 12.2. The second-order valence-corrected chi connectivity index (χ2v) is 4.58. The predicted molar refractivity (Wildman–Crippen MR) is 74.6 cm³/mol. The predicted octanol–water partition coefficient (Wildman–Crippen LogP) is 3.82. The highest BCUT2D eigenvalue weighted by atomic mass is 19.1. The fourth-order valence-electron chi connectivity index (χ4n) is 2.06. The summed E-state index contributed by atoms with van der Waals surface area (Å²) in [5.74, 6) is 0.0404. The van der Waals surface area contributed by atoms with E-state index in [4.69, 9.17) is 4.74 Å². The number of benzene rings is 2. The molecule has 1 N–H and O–H groups in total. The molecule has 0 aliphatic rings. The van der Waals surface area contributed by atoms with Crippen LogP contribution in [-0.4, -0.2) is 7.11 Å². The summed E-state index contributed by atoms with van der Waals surface area (Å²) in [6, 6.07) is 10.8. The van der Waals surface area contributed by atoms with Gasteiger partial charge >= 0.3 is 0 Å². The second kappa shape index (κ2) is 6.48. The van der Waals surface area contributed by atoms with Crippen LogP contribution in [0.3, 0.4) is 0 Å². The van der Waals surface area contributed by atoms with E-state index in [1.54, 1.807) is 31.4 Å². The number of hydrogen-bond donors (Lipinski definition) is 1. The van der Waals surface area contributed by atoms with Crippen LogP contribution in [0.5, 0.6) is 5.75 Å². The van der Waals surface area contributed by atoms with E-state index in [1.165, 1.54) is 18.2 Å². The zero-order chi connectivity index (χ0) is 14.5. The monoisotopic (exact) mass is 277 g/mol. The minimum atomic E-state index is -0.319. The van der Waals surface area contributed by atoms with Crippen molar-refractivity contribution < 1.29 is 13.5 Å². The summed E-state index contributed by atoms with van der Waals surface area (Å²) < 4.78 is 32.1. The Morgan fingerprint density at radius 2 is 1.90 bits per heavy atom. The van der Waals surface area contributed by atoms with Gasteiger partial charge in [-0.15, -0.1) is 0 Å². The van der Waals surface area contributed by atoms with Gasteiger partial charge in [-0.3, -0.25) is 0 Å². The van der Waals surface area contributed by atoms with Crippen molar-refractivity contribution in [1.29, 1.82) is 0 Å². The SMILES string of the molecule is COc1ccc(F)cc1C(C)NCc1ccccc1F. The van der Waals surface area contributed by atoms with Gasteiger partial charge in [-0.25, -0.2) is 8.78 Å². The Kier molecular flexibility index (Phi) is 4.69. The van der Waals surface area contributed by atoms with Crippen molar-refractivity contribution in [3.05, 3.63) is 65.2 Å². The Morgan fingerprint density at radius 1 is 1.15 bits per heavy atom. The summed E-state index contributed by atoms with van der Waals surface area (Å²) >= 11 is 0. The van der Waals surface area contributed by atoms with E-state index in [1.807, 2.05) is 6.92 Å². The lowest BCUT2D eigenvalue weighted by molar-refractivity contribution is 0.399. The van der Waals surface area contributed by atoms with Crippen LogP contribution in [0.1, 0.15) is 24.1 Å². The zero-order valence-electron chi connectivity index (χ0n) is 11.5. The summed E-state index contributed by atoms with van der Waals surface area (Å²) in [5.41, 5.74) is 1.29. The molecule has 2 nitrogen and oxygen atoms in total. The number of nitrogens with one attached hydrogen (secondary N) is 1. The number of methoxy groups -OCH3 is 1. The molecule has 0 spiro atoms. The second-order valence-electron chi connectivity index (χ2n) is 4.58. The lowest BCUT2D eigenvalue weighted by atomic mass is 10.1. The third-order valence-corrected chi connectivity index (χ3v) is 3.21. The Labute approximate surface area is 117 Å². The van der Waals surface area contributed by atoms with Crippen molar-refractivity contribution >= 4 is 0 Å². The molecule has 0 amide bonds. The van der Waals surface area contributed by atoms with Gasteiger partial charge < -0.3 is 10.1 Å². The quantitative estimate of drug-likeness (QED) is 0.897. The molecule has 2 rings (SSSR count). The van der Waals surface area contributed by atoms with Crippen molar-refractivity contribution in [3.8, 4) is 5.75 Å². The zero-order valence-corrected chi connectivity index (χ0v) is 11.5. The highest BCUT2D eigenvalue weighted by Crippen LogP contribution is 2.26. The molecule has 1 atom stereocenters. The summed E-state index contributed by atoms with van der Waals surface area (Å²) in [6.07, 6.45) is 0. The minimum absolute atomic E-state index is 0.153. The van der Waals surface area contributed by atoms with Crippen LogP contribution < -0.4 is 10.1 Å². The van der Waals surface area contributed by atoms with Crippen molar-refractivity contribution in [2.45, 2.75) is 19.5 Å². The van der Waals surface area contributed by atoms with Gasteiger partial charge in [0.15, 0.2) is 0 Å². The first kappa shape index (κ1) is 14.5. The fraction of sp³-hybridized carbons (Fsp3) is 0.250. The van der Waals surface area contributed by atoms with Crippen LogP contribution >= 0.6 is 0 Å². The molecule has 0 aliphatic heterocycles. The molecular formula is C16H17F2NO. The van der Waals surface area contributed by atoms with Crippen LogP contribution in [0, 0.1) is 11.6 Å². The highest BCUT2D eigenvalue weighted by molar-refractivity contribution is 5.36. The Balaban J connectivity index is 2.11. The van der Waals surface area contributed by atoms with Crippen LogP contribution in [0.15, 0.2) is 42.5 Å². The summed E-state index contributed by atoms with van der Waals surface area (Å²) in [5, 5.41) is 3.17. The first-order valence-electron chi connectivity index (χ1n) is 6.42. The van der Waals surface area contributed by atoms with Gasteiger partial charge in [-0.1, -0.05) is 18.2 Å². The topological polar surface area (TPSA) is 21.3 Å². The molecule has 0 aliphatic carbocycles. The van der Waals surface area contributed by atoms with Gasteiger partial charge in [0.1, 0.15) is 17.4 Å². The average Bonchev–Trinajstić information content (AvgIpc) is 2.46. The number of hydrogen-bond acceptors (Lipinski definition) is 2. The molecule has 2 aromatic rings. The molecular weight excluding hydrogens is 260 g/mol. The summed E-state index contributed by atoms with van der Waals surface area (Å²) in [7, 11) is 1.54. The third kappa shape index (κ3) is 3.33. The van der Waals surface area contributed by atoms with Crippen molar-refractivity contribution in [2.24, 2.45) is 0 Å². The first-order chi connectivity index (χ1) is 9.61. The number of ether oxygens (including phenoxy) is 1. The Morgan fingerprint density at radius 3 is 2.60 bits per heavy atom. The van der Waals surface area contributed by atoms with E-state index >= 15 is 0 Å². The molecule has 0 aromatic heterocycles. The molecule has 0 heterocycles. The van der Waals surface area contributed by atoms with Crippen LogP contribution in [0.2, 0.25) is 0 Å². The van der Waals surface area contributed by atoms with E-state index in [-0.39, 0.29) is 17.7 Å². The molecule has 4 heteroatoms. The third-order valence-electron chi connectivity index (χ3n) is 3.21. The van der Waals surface area contributed by atoms with Crippen LogP contribution in [0.4, 0.5) is 8.78 Å². The van der Waals surface area contributed by atoms with Crippen LogP contribution in [0.25, 0.3) is 0 Å². The van der Waals surface area contributed by atoms with E-state index in [0.717, 1.165) is 0 Å². The summed E-state index contributed by atoms with van der Waals surface area (Å²) in [6.45, 7) is 2.26. The van der Waals surface area contributed by atoms with E-state index in [9.17, 15) is 8.78 Å². The molecule has 0 saturated heterocycles. The molecule has 1 unspecified atom stereocenters. The minimum Gasteiger partial charge on any atom is -0.496 e. The Hall–Kier alpha value is -1.94. The maximum Gasteiger partial charge on any atom is 0.127 e. The van der Waals surface area contributed by atoms with Gasteiger partial charge in [-0.05, 0) is 31.2 Å². The maximum atomic E-state index is 13.5. The standard InChI is InChI=1S/C16H17F2NO/c1-11(14-9-13(17)7-8-16(14)20-2)19-10-12-5-3-4-6-15(12)18/h3-9,11,19H,10H2,1-2H3. The van der Waals surface area contributed by atoms with Gasteiger partial charge in [0.25, 0.3) is 0 Å². The lowest BCUT2D eigenvalue weighted by Crippen LogP contribution is -2.19. The fourth-order valence-corrected chi connectivity index (χ4v) is 2.06. The van der Waals surface area contributed by atoms with Crippen molar-refractivity contribution in [3.63, 3.8) is 0 Å². The average molecular weight is 277 g/mol. The first-order valence-corrected chi connectivity index (χ1v) is 6.42. The van der Waals surface area contributed by atoms with Gasteiger partial charge in [0, 0.05) is 23.7 Å². The van der Waals surface area contributed by atoms with Gasteiger partial charge in [0.2, 0.25) is 0 Å². The molecule has 0 radical (unpaired) electrons. The van der Waals surface area contributed by atoms with E-state index < -0.39 is 0 Å². The van der Waals surface area contributed by atoms with Crippen LogP contribution in [-0.2, 0) is 6.54 Å². The number of rotatable bonds is 5. The maximum absolute atomic E-state index is 13.5. The molecule has 106 valence electrons. The van der Waals surface area contributed by atoms with Crippen molar-refractivity contribution in [1.82, 2.24) is 5.32 Å². The molecule has 20 heavy (non-hydrogen) atoms. The largest absolute Gasteiger partial charge is 0.496 e. The molecule has 0 fully saturated rings. The van der Waals surface area contributed by atoms with Crippen molar-refractivity contribution in [2.75, 3.05) is 7.11 Å². The highest BCUT2D eigenvalue weighted by Gasteiger charge is 2.12. The van der Waals surface area contributed by atoms with Gasteiger partial charge in [0.05, 0.1) is 7.11 Å². The number of halogens is 2. The smallest absolute Gasteiger partial charge is 0.127 e. The lowest BCUT2D eigenvalue weighted by Gasteiger charge is -2.17. The van der Waals surface area contributed by atoms with E-state index in [0.29, 0.717) is 23.4 Å². The van der Waals surface area contributed by atoms with E-state index in [2.05, 4.69) is 5.32 Å².